The quantitative estimate of drug-likeness (QED) is 0.668. The van der Waals surface area contributed by atoms with Crippen LogP contribution in [0.2, 0.25) is 0 Å². The molecule has 2 rings (SSSR count). The Hall–Kier alpha value is -1.75. The molecule has 24 heavy (non-hydrogen) atoms. The minimum Gasteiger partial charge on any atom is -0.486 e. The maximum atomic E-state index is 12.5. The molecule has 1 amide bonds. The molecule has 1 aromatic carbocycles. The van der Waals surface area contributed by atoms with Crippen LogP contribution >= 0.6 is 0 Å². The number of hydrogen-bond donors (Lipinski definition) is 1. The highest BCUT2D eigenvalue weighted by molar-refractivity contribution is 5.76. The standard InChI is InChI=1S/C19H30N2O3/c1-2-13-21(19(22)11-5-3-4-8-12-20)14-16-15-23-17-9-6-7-10-18(17)24-16/h6-7,9-10,16H,2-5,8,11-15,20H2,1H3. The van der Waals surface area contributed by atoms with Crippen LogP contribution in [0.4, 0.5) is 0 Å². The summed E-state index contributed by atoms with van der Waals surface area (Å²) in [6.45, 7) is 4.67. The number of nitrogens with zero attached hydrogens (tertiary/aromatic N) is 1. The number of carbonyl (C=O) groups is 1. The molecule has 5 heteroatoms. The summed E-state index contributed by atoms with van der Waals surface area (Å²) in [5, 5.41) is 0. The van der Waals surface area contributed by atoms with Gasteiger partial charge in [-0.05, 0) is 37.9 Å². The zero-order valence-electron chi connectivity index (χ0n) is 14.7. The van der Waals surface area contributed by atoms with Gasteiger partial charge in [-0.1, -0.05) is 31.9 Å². The van der Waals surface area contributed by atoms with Crippen LogP contribution in [-0.4, -0.2) is 43.2 Å². The van der Waals surface area contributed by atoms with Gasteiger partial charge in [-0.15, -0.1) is 0 Å². The van der Waals surface area contributed by atoms with E-state index in [9.17, 15) is 4.79 Å². The van der Waals surface area contributed by atoms with Gasteiger partial charge in [0.05, 0.1) is 6.54 Å². The molecule has 1 atom stereocenters. The summed E-state index contributed by atoms with van der Waals surface area (Å²) in [6.07, 6.45) is 5.60. The van der Waals surface area contributed by atoms with E-state index in [1.54, 1.807) is 0 Å². The van der Waals surface area contributed by atoms with E-state index >= 15 is 0 Å². The van der Waals surface area contributed by atoms with Crippen LogP contribution < -0.4 is 15.2 Å². The summed E-state index contributed by atoms with van der Waals surface area (Å²) in [5.74, 6) is 1.76. The lowest BCUT2D eigenvalue weighted by atomic mass is 10.1. The van der Waals surface area contributed by atoms with Crippen LogP contribution in [0.3, 0.4) is 0 Å². The SMILES string of the molecule is CCCN(CC1COc2ccccc2O1)C(=O)CCCCCCN. The highest BCUT2D eigenvalue weighted by Gasteiger charge is 2.24. The Kier molecular flexibility index (Phi) is 7.89. The van der Waals surface area contributed by atoms with Crippen molar-refractivity contribution in [1.82, 2.24) is 4.90 Å². The molecular weight excluding hydrogens is 304 g/mol. The summed E-state index contributed by atoms with van der Waals surface area (Å²) in [5.41, 5.74) is 5.50. The minimum atomic E-state index is -0.104. The molecule has 0 saturated carbocycles. The largest absolute Gasteiger partial charge is 0.486 e. The van der Waals surface area contributed by atoms with Crippen molar-refractivity contribution in [2.24, 2.45) is 5.73 Å². The van der Waals surface area contributed by atoms with Crippen molar-refractivity contribution < 1.29 is 14.3 Å². The van der Waals surface area contributed by atoms with E-state index in [0.29, 0.717) is 19.6 Å². The van der Waals surface area contributed by atoms with Gasteiger partial charge < -0.3 is 20.1 Å². The third-order valence-electron chi connectivity index (χ3n) is 4.18. The number of nitrogens with two attached hydrogens (primary N) is 1. The number of carbonyl (C=O) groups excluding carboxylic acids is 1. The first-order valence-electron chi connectivity index (χ1n) is 9.11. The molecule has 0 spiro atoms. The summed E-state index contributed by atoms with van der Waals surface area (Å²) < 4.78 is 11.7. The summed E-state index contributed by atoms with van der Waals surface area (Å²) in [6, 6.07) is 7.67. The first-order valence-corrected chi connectivity index (χ1v) is 9.11. The van der Waals surface area contributed by atoms with Gasteiger partial charge in [-0.25, -0.2) is 0 Å². The summed E-state index contributed by atoms with van der Waals surface area (Å²) >= 11 is 0. The Morgan fingerprint density at radius 3 is 2.71 bits per heavy atom. The van der Waals surface area contributed by atoms with Crippen LogP contribution in [-0.2, 0) is 4.79 Å². The molecule has 0 aliphatic carbocycles. The fraction of sp³-hybridized carbons (Fsp3) is 0.632. The van der Waals surface area contributed by atoms with Crippen molar-refractivity contribution >= 4 is 5.91 Å². The fourth-order valence-corrected chi connectivity index (χ4v) is 2.92. The molecule has 0 bridgehead atoms. The van der Waals surface area contributed by atoms with Crippen LogP contribution in [0.15, 0.2) is 24.3 Å². The van der Waals surface area contributed by atoms with E-state index in [0.717, 1.165) is 56.7 Å². The van der Waals surface area contributed by atoms with Crippen LogP contribution in [0.1, 0.15) is 45.4 Å². The highest BCUT2D eigenvalue weighted by atomic mass is 16.6. The van der Waals surface area contributed by atoms with Crippen molar-refractivity contribution in [2.45, 2.75) is 51.6 Å². The van der Waals surface area contributed by atoms with Crippen molar-refractivity contribution in [3.63, 3.8) is 0 Å². The summed E-state index contributed by atoms with van der Waals surface area (Å²) in [4.78, 5) is 14.4. The molecule has 0 fully saturated rings. The first kappa shape index (κ1) is 18.6. The number of rotatable bonds is 10. The van der Waals surface area contributed by atoms with Crippen LogP contribution in [0.5, 0.6) is 11.5 Å². The van der Waals surface area contributed by atoms with Gasteiger partial charge in [0.1, 0.15) is 6.61 Å². The molecule has 1 heterocycles. The number of unbranched alkanes of at least 4 members (excludes halogenated alkanes) is 3. The molecule has 1 unspecified atom stereocenters. The van der Waals surface area contributed by atoms with Gasteiger partial charge in [0, 0.05) is 13.0 Å². The molecule has 5 nitrogen and oxygen atoms in total. The lowest BCUT2D eigenvalue weighted by Gasteiger charge is -2.31. The number of para-hydroxylation sites is 2. The monoisotopic (exact) mass is 334 g/mol. The second kappa shape index (κ2) is 10.2. The zero-order valence-corrected chi connectivity index (χ0v) is 14.7. The van der Waals surface area contributed by atoms with Crippen molar-refractivity contribution in [3.8, 4) is 11.5 Å². The zero-order chi connectivity index (χ0) is 17.2. The van der Waals surface area contributed by atoms with Crippen molar-refractivity contribution in [3.05, 3.63) is 24.3 Å². The normalized spacial score (nSPS) is 16.0. The Morgan fingerprint density at radius 2 is 1.96 bits per heavy atom. The molecule has 2 N–H and O–H groups in total. The number of ether oxygens (including phenoxy) is 2. The number of benzene rings is 1. The Labute approximate surface area is 145 Å². The van der Waals surface area contributed by atoms with E-state index in [1.807, 2.05) is 29.2 Å². The average Bonchev–Trinajstić information content (AvgIpc) is 2.61. The molecule has 1 aromatic rings. The number of hydrogen-bond acceptors (Lipinski definition) is 4. The topological polar surface area (TPSA) is 64.8 Å². The lowest BCUT2D eigenvalue weighted by molar-refractivity contribution is -0.133. The smallest absolute Gasteiger partial charge is 0.222 e. The molecule has 1 aliphatic heterocycles. The molecule has 0 aromatic heterocycles. The first-order chi connectivity index (χ1) is 11.7. The van der Waals surface area contributed by atoms with Gasteiger partial charge in [0.25, 0.3) is 0 Å². The third kappa shape index (κ3) is 5.71. The van der Waals surface area contributed by atoms with E-state index in [1.165, 1.54) is 0 Å². The maximum absolute atomic E-state index is 12.5. The Bertz CT molecular complexity index is 507. The second-order valence-corrected chi connectivity index (χ2v) is 6.29. The van der Waals surface area contributed by atoms with Crippen molar-refractivity contribution in [2.75, 3.05) is 26.2 Å². The third-order valence-corrected chi connectivity index (χ3v) is 4.18. The molecular formula is C19H30N2O3. The van der Waals surface area contributed by atoms with Gasteiger partial charge in [0.2, 0.25) is 5.91 Å². The number of amides is 1. The number of fused-ring (bicyclic) bond motifs is 1. The van der Waals surface area contributed by atoms with Crippen LogP contribution in [0.25, 0.3) is 0 Å². The van der Waals surface area contributed by atoms with E-state index in [4.69, 9.17) is 15.2 Å². The predicted octanol–water partition coefficient (Wildman–Crippen LogP) is 2.97. The molecule has 1 aliphatic rings. The molecule has 134 valence electrons. The van der Waals surface area contributed by atoms with E-state index < -0.39 is 0 Å². The predicted molar refractivity (Wildman–Crippen MR) is 95.4 cm³/mol. The van der Waals surface area contributed by atoms with E-state index in [2.05, 4.69) is 6.92 Å². The van der Waals surface area contributed by atoms with Crippen LogP contribution in [0, 0.1) is 0 Å². The second-order valence-electron chi connectivity index (χ2n) is 6.29. The fourth-order valence-electron chi connectivity index (χ4n) is 2.92. The van der Waals surface area contributed by atoms with Crippen molar-refractivity contribution in [1.29, 1.82) is 0 Å². The summed E-state index contributed by atoms with van der Waals surface area (Å²) in [7, 11) is 0. The maximum Gasteiger partial charge on any atom is 0.222 e. The minimum absolute atomic E-state index is 0.104. The highest BCUT2D eigenvalue weighted by Crippen LogP contribution is 2.31. The lowest BCUT2D eigenvalue weighted by Crippen LogP contribution is -2.44. The molecule has 0 radical (unpaired) electrons. The van der Waals surface area contributed by atoms with Gasteiger partial charge in [-0.2, -0.15) is 0 Å². The van der Waals surface area contributed by atoms with Gasteiger partial charge in [-0.3, -0.25) is 4.79 Å². The average molecular weight is 334 g/mol. The Balaban J connectivity index is 1.81. The van der Waals surface area contributed by atoms with Gasteiger partial charge >= 0.3 is 0 Å². The Morgan fingerprint density at radius 1 is 1.21 bits per heavy atom. The molecule has 0 saturated heterocycles. The van der Waals surface area contributed by atoms with Gasteiger partial charge in [0.15, 0.2) is 17.6 Å². The van der Waals surface area contributed by atoms with E-state index in [-0.39, 0.29) is 12.0 Å².